The second-order valence-electron chi connectivity index (χ2n) is 4.03. The quantitative estimate of drug-likeness (QED) is 0.628. The van der Waals surface area contributed by atoms with Crippen molar-refractivity contribution in [1.82, 2.24) is 5.16 Å². The average Bonchev–Trinajstić information content (AvgIpc) is 2.72. The van der Waals surface area contributed by atoms with Gasteiger partial charge in [-0.3, -0.25) is 9.59 Å². The van der Waals surface area contributed by atoms with E-state index >= 15 is 0 Å². The number of aromatic nitrogens is 1. The van der Waals surface area contributed by atoms with Crippen molar-refractivity contribution < 1.29 is 19.5 Å². The minimum Gasteiger partial charge on any atom is -0.508 e. The van der Waals surface area contributed by atoms with Gasteiger partial charge in [0.1, 0.15) is 17.6 Å². The summed E-state index contributed by atoms with van der Waals surface area (Å²) in [5.41, 5.74) is 5.67. The predicted octanol–water partition coefficient (Wildman–Crippen LogP) is 0.295. The highest BCUT2D eigenvalue weighted by Crippen LogP contribution is 2.23. The lowest BCUT2D eigenvalue weighted by molar-refractivity contribution is -0.138. The number of carboxylic acid groups (broad SMARTS) is 1. The summed E-state index contributed by atoms with van der Waals surface area (Å²) >= 11 is 0. The van der Waals surface area contributed by atoms with Gasteiger partial charge < -0.3 is 20.5 Å². The summed E-state index contributed by atoms with van der Waals surface area (Å²) in [7, 11) is 0. The molecule has 2 rings (SSSR count). The van der Waals surface area contributed by atoms with Crippen LogP contribution in [0.15, 0.2) is 33.6 Å². The topological polar surface area (TPSA) is 130 Å². The Morgan fingerprint density at radius 2 is 2.00 bits per heavy atom. The first kappa shape index (κ1) is 12.9. The Morgan fingerprint density at radius 3 is 2.58 bits per heavy atom. The first-order valence-corrected chi connectivity index (χ1v) is 5.47. The number of hydrogen-bond donors (Lipinski definition) is 4. The molecule has 0 saturated carbocycles. The van der Waals surface area contributed by atoms with Gasteiger partial charge in [-0.25, -0.2) is 0 Å². The molecule has 0 bridgehead atoms. The molecule has 1 heterocycles. The minimum atomic E-state index is -1.18. The molecule has 0 aliphatic heterocycles. The Hall–Kier alpha value is -2.54. The molecule has 0 radical (unpaired) electrons. The van der Waals surface area contributed by atoms with Crippen molar-refractivity contribution in [3.63, 3.8) is 0 Å². The number of H-pyrrole nitrogens is 1. The number of aliphatic carboxylic acids is 1. The molecule has 5 N–H and O–H groups in total. The molecule has 100 valence electrons. The number of hydrogen-bond acceptors (Lipinski definition) is 5. The van der Waals surface area contributed by atoms with E-state index in [1.807, 2.05) is 0 Å². The largest absolute Gasteiger partial charge is 0.508 e. The minimum absolute atomic E-state index is 0.0625. The molecule has 1 atom stereocenters. The fourth-order valence-electron chi connectivity index (χ4n) is 1.69. The van der Waals surface area contributed by atoms with Gasteiger partial charge in [-0.1, -0.05) is 12.1 Å². The number of carbonyl (C=O) groups is 1. The normalized spacial score (nSPS) is 12.3. The highest BCUT2D eigenvalue weighted by molar-refractivity contribution is 5.74. The van der Waals surface area contributed by atoms with Crippen molar-refractivity contribution in [2.75, 3.05) is 0 Å². The first-order valence-electron chi connectivity index (χ1n) is 5.47. The lowest BCUT2D eigenvalue weighted by atomic mass is 10.0. The number of nitrogens with two attached hydrogens (primary N) is 1. The maximum atomic E-state index is 11.7. The monoisotopic (exact) mass is 264 g/mol. The van der Waals surface area contributed by atoms with Crippen LogP contribution in [-0.4, -0.2) is 27.4 Å². The van der Waals surface area contributed by atoms with Crippen molar-refractivity contribution in [2.45, 2.75) is 12.5 Å². The smallest absolute Gasteiger partial charge is 0.320 e. The van der Waals surface area contributed by atoms with Crippen LogP contribution in [0.3, 0.4) is 0 Å². The van der Waals surface area contributed by atoms with Crippen LogP contribution in [0.25, 0.3) is 11.1 Å². The van der Waals surface area contributed by atoms with Gasteiger partial charge in [0.15, 0.2) is 0 Å². The van der Waals surface area contributed by atoms with E-state index in [1.165, 1.54) is 24.3 Å². The number of benzene rings is 1. The number of aromatic hydroxyl groups is 1. The van der Waals surface area contributed by atoms with E-state index in [-0.39, 0.29) is 23.5 Å². The summed E-state index contributed by atoms with van der Waals surface area (Å²) in [5.74, 6) is -0.946. The van der Waals surface area contributed by atoms with Crippen molar-refractivity contribution in [1.29, 1.82) is 0 Å². The van der Waals surface area contributed by atoms with E-state index in [9.17, 15) is 14.7 Å². The van der Waals surface area contributed by atoms with Gasteiger partial charge in [-0.15, -0.1) is 0 Å². The first-order chi connectivity index (χ1) is 8.99. The Balaban J connectivity index is 2.40. The highest BCUT2D eigenvalue weighted by atomic mass is 16.5. The molecule has 0 fully saturated rings. The van der Waals surface area contributed by atoms with Crippen LogP contribution in [0.1, 0.15) is 5.76 Å². The van der Waals surface area contributed by atoms with Gasteiger partial charge in [0.05, 0.1) is 5.56 Å². The number of aromatic amines is 1. The summed E-state index contributed by atoms with van der Waals surface area (Å²) in [4.78, 5) is 22.4. The molecular weight excluding hydrogens is 252 g/mol. The second kappa shape index (κ2) is 4.99. The van der Waals surface area contributed by atoms with Crippen LogP contribution < -0.4 is 11.3 Å². The maximum absolute atomic E-state index is 11.7. The summed E-state index contributed by atoms with van der Waals surface area (Å²) in [6.07, 6.45) is -0.107. The third-order valence-electron chi connectivity index (χ3n) is 2.65. The van der Waals surface area contributed by atoms with Crippen molar-refractivity contribution in [3.05, 3.63) is 40.4 Å². The van der Waals surface area contributed by atoms with Gasteiger partial charge in [-0.2, -0.15) is 5.16 Å². The zero-order chi connectivity index (χ0) is 14.0. The summed E-state index contributed by atoms with van der Waals surface area (Å²) in [6.45, 7) is 0. The highest BCUT2D eigenvalue weighted by Gasteiger charge is 2.21. The van der Waals surface area contributed by atoms with Gasteiger partial charge in [0.25, 0.3) is 5.56 Å². The number of phenols is 1. The van der Waals surface area contributed by atoms with Gasteiger partial charge in [0.2, 0.25) is 0 Å². The Bertz CT molecular complexity index is 641. The number of rotatable bonds is 4. The molecule has 2 aromatic rings. The second-order valence-corrected chi connectivity index (χ2v) is 4.03. The van der Waals surface area contributed by atoms with Gasteiger partial charge in [-0.05, 0) is 17.7 Å². The third kappa shape index (κ3) is 2.66. The lowest BCUT2D eigenvalue weighted by Crippen LogP contribution is -2.32. The fourth-order valence-corrected chi connectivity index (χ4v) is 1.69. The summed E-state index contributed by atoms with van der Waals surface area (Å²) < 4.78 is 4.96. The summed E-state index contributed by atoms with van der Waals surface area (Å²) in [6, 6.07) is 4.75. The van der Waals surface area contributed by atoms with E-state index in [0.29, 0.717) is 5.56 Å². The molecule has 7 nitrogen and oxygen atoms in total. The number of carboxylic acids is 1. The molecule has 0 unspecified atom stereocenters. The molecule has 0 aliphatic rings. The summed E-state index contributed by atoms with van der Waals surface area (Å²) in [5, 5.41) is 20.1. The molecule has 1 aromatic heterocycles. The Labute approximate surface area is 107 Å². The molecule has 19 heavy (non-hydrogen) atoms. The zero-order valence-electron chi connectivity index (χ0n) is 9.79. The van der Waals surface area contributed by atoms with Crippen molar-refractivity contribution in [2.24, 2.45) is 5.73 Å². The zero-order valence-corrected chi connectivity index (χ0v) is 9.79. The average molecular weight is 264 g/mol. The van der Waals surface area contributed by atoms with E-state index in [1.54, 1.807) is 0 Å². The molecule has 0 spiro atoms. The lowest BCUT2D eigenvalue weighted by Gasteiger charge is -2.05. The Kier molecular flexibility index (Phi) is 3.39. The van der Waals surface area contributed by atoms with Crippen LogP contribution >= 0.6 is 0 Å². The van der Waals surface area contributed by atoms with Crippen molar-refractivity contribution >= 4 is 5.97 Å². The third-order valence-corrected chi connectivity index (χ3v) is 2.65. The van der Waals surface area contributed by atoms with Crippen LogP contribution in [0.4, 0.5) is 0 Å². The fraction of sp³-hybridized carbons (Fsp3) is 0.167. The standard InChI is InChI=1S/C12H12N2O5/c13-8(12(17)18)5-9-10(11(16)14-19-9)6-1-3-7(15)4-2-6/h1-4,8,15H,5,13H2,(H,14,16)(H,17,18)/t8-/m1/s1. The molecule has 0 amide bonds. The van der Waals surface area contributed by atoms with E-state index < -0.39 is 17.6 Å². The Morgan fingerprint density at radius 1 is 1.37 bits per heavy atom. The molecule has 1 aromatic carbocycles. The predicted molar refractivity (Wildman–Crippen MR) is 65.7 cm³/mol. The van der Waals surface area contributed by atoms with Gasteiger partial charge >= 0.3 is 5.97 Å². The van der Waals surface area contributed by atoms with Crippen LogP contribution in [0.2, 0.25) is 0 Å². The van der Waals surface area contributed by atoms with E-state index in [4.69, 9.17) is 15.4 Å². The number of phenolic OH excluding ortho intramolecular Hbond substituents is 1. The molecule has 7 heteroatoms. The van der Waals surface area contributed by atoms with Crippen LogP contribution in [0.5, 0.6) is 5.75 Å². The SMILES string of the molecule is N[C@H](Cc1o[nH]c(=O)c1-c1ccc(O)cc1)C(=O)O. The van der Waals surface area contributed by atoms with Crippen molar-refractivity contribution in [3.8, 4) is 16.9 Å². The molecule has 0 aliphatic carbocycles. The van der Waals surface area contributed by atoms with Gasteiger partial charge in [0, 0.05) is 6.42 Å². The van der Waals surface area contributed by atoms with Crippen LogP contribution in [-0.2, 0) is 11.2 Å². The maximum Gasteiger partial charge on any atom is 0.320 e. The van der Waals surface area contributed by atoms with E-state index in [2.05, 4.69) is 5.16 Å². The molecule has 0 saturated heterocycles. The van der Waals surface area contributed by atoms with Crippen LogP contribution in [0, 0.1) is 0 Å². The molecular formula is C12H12N2O5. The van der Waals surface area contributed by atoms with E-state index in [0.717, 1.165) is 0 Å². The number of nitrogens with one attached hydrogen (secondary N) is 1.